The molecule has 0 saturated carbocycles. The van der Waals surface area contributed by atoms with Gasteiger partial charge in [0.15, 0.2) is 0 Å². The molecule has 0 atom stereocenters. The highest BCUT2D eigenvalue weighted by molar-refractivity contribution is 6.42. The van der Waals surface area contributed by atoms with E-state index >= 15 is 0 Å². The van der Waals surface area contributed by atoms with E-state index in [-0.39, 0.29) is 12.4 Å². The maximum absolute atomic E-state index is 6.65. The molecular formula is C20H21Cl2N3. The zero-order chi connectivity index (χ0) is 16.5. The van der Waals surface area contributed by atoms with Crippen LogP contribution in [0.25, 0.3) is 21.5 Å². The van der Waals surface area contributed by atoms with Gasteiger partial charge in [0, 0.05) is 42.5 Å². The molecule has 1 aliphatic heterocycles. The Labute approximate surface area is 159 Å². The first-order chi connectivity index (χ1) is 11.7. The lowest BCUT2D eigenvalue weighted by Crippen LogP contribution is -2.41. The average molecular weight is 374 g/mol. The van der Waals surface area contributed by atoms with Crippen molar-refractivity contribution in [3.05, 3.63) is 59.1 Å². The number of halogens is 2. The van der Waals surface area contributed by atoms with Crippen LogP contribution in [0, 0.1) is 0 Å². The number of fused-ring (bicyclic) bond motifs is 2. The van der Waals surface area contributed by atoms with Crippen LogP contribution < -0.4 is 0 Å². The third kappa shape index (κ3) is 3.45. The lowest BCUT2D eigenvalue weighted by atomic mass is 9.97. The Morgan fingerprint density at radius 1 is 0.840 bits per heavy atom. The average Bonchev–Trinajstić information content (AvgIpc) is 2.63. The number of nitrogens with zero attached hydrogens (tertiary/aromatic N) is 3. The van der Waals surface area contributed by atoms with Gasteiger partial charge in [-0.05, 0) is 17.8 Å². The summed E-state index contributed by atoms with van der Waals surface area (Å²) in [5.74, 6) is 0. The van der Waals surface area contributed by atoms with Crippen LogP contribution in [0.1, 0.15) is 5.56 Å². The van der Waals surface area contributed by atoms with Crippen molar-refractivity contribution in [2.24, 2.45) is 5.10 Å². The molecule has 130 valence electrons. The lowest BCUT2D eigenvalue weighted by molar-refractivity contribution is 0.159. The molecule has 5 heteroatoms. The molecule has 0 unspecified atom stereocenters. The summed E-state index contributed by atoms with van der Waals surface area (Å²) in [6.45, 7) is 4.05. The Morgan fingerprint density at radius 2 is 1.32 bits per heavy atom. The van der Waals surface area contributed by atoms with E-state index in [1.54, 1.807) is 0 Å². The summed E-state index contributed by atoms with van der Waals surface area (Å²) in [5, 5.41) is 12.2. The predicted molar refractivity (Wildman–Crippen MR) is 110 cm³/mol. The van der Waals surface area contributed by atoms with Gasteiger partial charge in [-0.3, -0.25) is 5.01 Å². The summed E-state index contributed by atoms with van der Waals surface area (Å²) in [5.41, 5.74) is 1.14. The quantitative estimate of drug-likeness (QED) is 0.480. The number of hydrazone groups is 1. The second-order valence-corrected chi connectivity index (χ2v) is 6.70. The molecule has 0 N–H and O–H groups in total. The van der Waals surface area contributed by atoms with Crippen LogP contribution in [0.3, 0.4) is 0 Å². The fourth-order valence-corrected chi connectivity index (χ4v) is 3.63. The Hall–Kier alpha value is -1.81. The van der Waals surface area contributed by atoms with Gasteiger partial charge in [0.05, 0.1) is 11.2 Å². The third-order valence-electron chi connectivity index (χ3n) is 4.74. The summed E-state index contributed by atoms with van der Waals surface area (Å²) in [4.78, 5) is 2.33. The molecule has 3 aromatic carbocycles. The SMILES string of the molecule is CN1CCN(N=Cc2c3ccccc3c(Cl)c3ccccc23)CC1.Cl. The smallest absolute Gasteiger partial charge is 0.0563 e. The summed E-state index contributed by atoms with van der Waals surface area (Å²) in [6, 6.07) is 16.6. The summed E-state index contributed by atoms with van der Waals surface area (Å²) in [7, 11) is 2.15. The highest BCUT2D eigenvalue weighted by Gasteiger charge is 2.13. The van der Waals surface area contributed by atoms with E-state index in [0.717, 1.165) is 58.3 Å². The van der Waals surface area contributed by atoms with Crippen LogP contribution in [-0.4, -0.2) is 49.4 Å². The Bertz CT molecular complexity index is 858. The van der Waals surface area contributed by atoms with E-state index in [1.165, 1.54) is 0 Å². The van der Waals surface area contributed by atoms with Crippen LogP contribution in [0.15, 0.2) is 53.6 Å². The van der Waals surface area contributed by atoms with Gasteiger partial charge in [-0.1, -0.05) is 60.1 Å². The van der Waals surface area contributed by atoms with Crippen molar-refractivity contribution >= 4 is 51.8 Å². The van der Waals surface area contributed by atoms with Gasteiger partial charge in [-0.25, -0.2) is 0 Å². The van der Waals surface area contributed by atoms with Crippen molar-refractivity contribution in [2.45, 2.75) is 0 Å². The van der Waals surface area contributed by atoms with Crippen molar-refractivity contribution < 1.29 is 0 Å². The number of hydrogen-bond acceptors (Lipinski definition) is 3. The normalized spacial score (nSPS) is 15.8. The molecule has 4 rings (SSSR count). The standard InChI is InChI=1S/C20H20ClN3.ClH/c1-23-10-12-24(13-11-23)22-14-19-15-6-2-4-8-17(15)20(21)18-9-5-3-7-16(18)19;/h2-9,14H,10-13H2,1H3;1H. The monoisotopic (exact) mass is 373 g/mol. The minimum absolute atomic E-state index is 0. The van der Waals surface area contributed by atoms with Crippen LogP contribution >= 0.6 is 24.0 Å². The third-order valence-corrected chi connectivity index (χ3v) is 5.14. The molecular weight excluding hydrogens is 353 g/mol. The molecule has 3 nitrogen and oxygen atoms in total. The second kappa shape index (κ2) is 7.61. The van der Waals surface area contributed by atoms with Gasteiger partial charge in [-0.2, -0.15) is 5.10 Å². The molecule has 25 heavy (non-hydrogen) atoms. The molecule has 0 spiro atoms. The topological polar surface area (TPSA) is 18.8 Å². The first-order valence-electron chi connectivity index (χ1n) is 8.30. The molecule has 0 bridgehead atoms. The van der Waals surface area contributed by atoms with Gasteiger partial charge in [0.25, 0.3) is 0 Å². The number of likely N-dealkylation sites (N-methyl/N-ethyl adjacent to an activating group) is 1. The van der Waals surface area contributed by atoms with Gasteiger partial charge in [-0.15, -0.1) is 12.4 Å². The molecule has 1 aliphatic rings. The van der Waals surface area contributed by atoms with E-state index in [9.17, 15) is 0 Å². The largest absolute Gasteiger partial charge is 0.303 e. The summed E-state index contributed by atoms with van der Waals surface area (Å²) in [6.07, 6.45) is 2.01. The minimum Gasteiger partial charge on any atom is -0.303 e. The molecule has 1 saturated heterocycles. The fraction of sp³-hybridized carbons (Fsp3) is 0.250. The van der Waals surface area contributed by atoms with Crippen LogP contribution in [0.4, 0.5) is 0 Å². The maximum Gasteiger partial charge on any atom is 0.0563 e. The van der Waals surface area contributed by atoms with Crippen molar-refractivity contribution in [2.75, 3.05) is 33.2 Å². The number of rotatable bonds is 2. The molecule has 1 heterocycles. The van der Waals surface area contributed by atoms with E-state index < -0.39 is 0 Å². The zero-order valence-corrected chi connectivity index (χ0v) is 15.7. The van der Waals surface area contributed by atoms with Gasteiger partial charge in [0.1, 0.15) is 0 Å². The van der Waals surface area contributed by atoms with Crippen molar-refractivity contribution in [1.29, 1.82) is 0 Å². The molecule has 0 aliphatic carbocycles. The molecule has 0 amide bonds. The molecule has 1 fully saturated rings. The first kappa shape index (κ1) is 18.0. The zero-order valence-electron chi connectivity index (χ0n) is 14.2. The van der Waals surface area contributed by atoms with E-state index in [1.807, 2.05) is 18.3 Å². The van der Waals surface area contributed by atoms with Gasteiger partial charge >= 0.3 is 0 Å². The Kier molecular flexibility index (Phi) is 5.48. The Morgan fingerprint density at radius 3 is 1.84 bits per heavy atom. The fourth-order valence-electron chi connectivity index (χ4n) is 3.30. The summed E-state index contributed by atoms with van der Waals surface area (Å²) >= 11 is 6.65. The van der Waals surface area contributed by atoms with E-state index in [2.05, 4.69) is 53.4 Å². The number of benzene rings is 3. The van der Waals surface area contributed by atoms with Crippen molar-refractivity contribution in [3.63, 3.8) is 0 Å². The van der Waals surface area contributed by atoms with E-state index in [0.29, 0.717) is 0 Å². The summed E-state index contributed by atoms with van der Waals surface area (Å²) < 4.78 is 0. The van der Waals surface area contributed by atoms with Gasteiger partial charge < -0.3 is 4.90 Å². The van der Waals surface area contributed by atoms with Crippen LogP contribution in [-0.2, 0) is 0 Å². The van der Waals surface area contributed by atoms with E-state index in [4.69, 9.17) is 16.7 Å². The van der Waals surface area contributed by atoms with Crippen LogP contribution in [0.2, 0.25) is 5.02 Å². The molecule has 0 radical (unpaired) electrons. The van der Waals surface area contributed by atoms with Crippen LogP contribution in [0.5, 0.6) is 0 Å². The molecule has 0 aromatic heterocycles. The van der Waals surface area contributed by atoms with Crippen molar-refractivity contribution in [1.82, 2.24) is 9.91 Å². The first-order valence-corrected chi connectivity index (χ1v) is 8.68. The Balaban J connectivity index is 0.00000182. The lowest BCUT2D eigenvalue weighted by Gasteiger charge is -2.30. The highest BCUT2D eigenvalue weighted by atomic mass is 35.5. The van der Waals surface area contributed by atoms with Crippen molar-refractivity contribution in [3.8, 4) is 0 Å². The number of piperazine rings is 1. The molecule has 3 aromatic rings. The predicted octanol–water partition coefficient (Wildman–Crippen LogP) is 4.65. The second-order valence-electron chi connectivity index (χ2n) is 6.32. The number of hydrogen-bond donors (Lipinski definition) is 0. The van der Waals surface area contributed by atoms with Gasteiger partial charge in [0.2, 0.25) is 0 Å². The minimum atomic E-state index is 0. The highest BCUT2D eigenvalue weighted by Crippen LogP contribution is 2.35. The maximum atomic E-state index is 6.65.